The summed E-state index contributed by atoms with van der Waals surface area (Å²) >= 11 is 0. The van der Waals surface area contributed by atoms with E-state index in [0.29, 0.717) is 44.2 Å². The number of carbonyl (C=O) groups excluding carboxylic acids is 2. The fourth-order valence-electron chi connectivity index (χ4n) is 3.65. The number of guanidine groups is 1. The Bertz CT molecular complexity index is 932. The Hall–Kier alpha value is -3.36. The molecular weight excluding hydrogens is 394 g/mol. The summed E-state index contributed by atoms with van der Waals surface area (Å²) in [6, 6.07) is 7.61. The predicted molar refractivity (Wildman–Crippen MR) is 121 cm³/mol. The maximum atomic E-state index is 12.6. The average Bonchev–Trinajstić information content (AvgIpc) is 3.21. The fourth-order valence-corrected chi connectivity index (χ4v) is 3.65. The number of hydrogen-bond acceptors (Lipinski definition) is 4. The van der Waals surface area contributed by atoms with Crippen LogP contribution in [0.15, 0.2) is 41.7 Å². The second-order valence-corrected chi connectivity index (χ2v) is 7.41. The highest BCUT2D eigenvalue weighted by Crippen LogP contribution is 2.16. The summed E-state index contributed by atoms with van der Waals surface area (Å²) < 4.78 is 1.69. The quantitative estimate of drug-likeness (QED) is 0.557. The molecule has 1 N–H and O–H groups in total. The SMILES string of the molecule is CCN(CC)C(=O)c1ccc(CNC(=NC)N2CCN(c3cnn(C)c3)C(=O)C2)cc1. The molecule has 0 bridgehead atoms. The van der Waals surface area contributed by atoms with Crippen molar-refractivity contribution in [1.82, 2.24) is 24.9 Å². The summed E-state index contributed by atoms with van der Waals surface area (Å²) in [6.07, 6.45) is 3.55. The van der Waals surface area contributed by atoms with Crippen molar-refractivity contribution in [2.45, 2.75) is 20.4 Å². The van der Waals surface area contributed by atoms with Gasteiger partial charge in [-0.2, -0.15) is 5.10 Å². The van der Waals surface area contributed by atoms with Crippen LogP contribution in [-0.4, -0.2) is 77.1 Å². The number of carbonyl (C=O) groups is 2. The van der Waals surface area contributed by atoms with Gasteiger partial charge in [-0.1, -0.05) is 12.1 Å². The zero-order valence-electron chi connectivity index (χ0n) is 18.7. The third kappa shape index (κ3) is 5.22. The van der Waals surface area contributed by atoms with Gasteiger partial charge in [0.2, 0.25) is 5.91 Å². The lowest BCUT2D eigenvalue weighted by Gasteiger charge is -2.35. The van der Waals surface area contributed by atoms with Gasteiger partial charge < -0.3 is 20.0 Å². The minimum absolute atomic E-state index is 0.0152. The van der Waals surface area contributed by atoms with Crippen LogP contribution in [-0.2, 0) is 18.4 Å². The molecule has 1 aliphatic heterocycles. The van der Waals surface area contributed by atoms with Crippen molar-refractivity contribution < 1.29 is 9.59 Å². The summed E-state index contributed by atoms with van der Waals surface area (Å²) in [5.41, 5.74) is 2.54. The molecule has 1 saturated heterocycles. The van der Waals surface area contributed by atoms with Crippen LogP contribution in [0.1, 0.15) is 29.8 Å². The highest BCUT2D eigenvalue weighted by Gasteiger charge is 2.27. The maximum absolute atomic E-state index is 12.6. The van der Waals surface area contributed by atoms with Crippen molar-refractivity contribution in [2.24, 2.45) is 12.0 Å². The number of anilines is 1. The highest BCUT2D eigenvalue weighted by atomic mass is 16.2. The summed E-state index contributed by atoms with van der Waals surface area (Å²) in [5.74, 6) is 0.745. The van der Waals surface area contributed by atoms with E-state index in [1.807, 2.05) is 56.3 Å². The lowest BCUT2D eigenvalue weighted by Crippen LogP contribution is -2.55. The molecule has 0 radical (unpaired) electrons. The molecule has 0 saturated carbocycles. The van der Waals surface area contributed by atoms with E-state index in [1.165, 1.54) is 0 Å². The molecule has 0 atom stereocenters. The lowest BCUT2D eigenvalue weighted by atomic mass is 10.1. The summed E-state index contributed by atoms with van der Waals surface area (Å²) in [4.78, 5) is 34.9. The Morgan fingerprint density at radius 1 is 1.19 bits per heavy atom. The van der Waals surface area contributed by atoms with Gasteiger partial charge in [0.15, 0.2) is 5.96 Å². The first kappa shape index (κ1) is 22.3. The van der Waals surface area contributed by atoms with Gasteiger partial charge in [0, 0.05) is 58.6 Å². The summed E-state index contributed by atoms with van der Waals surface area (Å²) in [5, 5.41) is 7.47. The van der Waals surface area contributed by atoms with Crippen molar-refractivity contribution in [3.63, 3.8) is 0 Å². The first-order valence-corrected chi connectivity index (χ1v) is 10.6. The summed E-state index contributed by atoms with van der Waals surface area (Å²) in [6.45, 7) is 7.42. The van der Waals surface area contributed by atoms with E-state index in [-0.39, 0.29) is 18.4 Å². The molecule has 9 nitrogen and oxygen atoms in total. The van der Waals surface area contributed by atoms with Crippen molar-refractivity contribution >= 4 is 23.5 Å². The van der Waals surface area contributed by atoms with Crippen LogP contribution in [0.25, 0.3) is 0 Å². The number of piperazine rings is 1. The van der Waals surface area contributed by atoms with Gasteiger partial charge in [-0.25, -0.2) is 0 Å². The molecule has 2 amide bonds. The summed E-state index contributed by atoms with van der Waals surface area (Å²) in [7, 11) is 3.55. The van der Waals surface area contributed by atoms with Gasteiger partial charge in [-0.15, -0.1) is 0 Å². The van der Waals surface area contributed by atoms with Crippen LogP contribution >= 0.6 is 0 Å². The second kappa shape index (κ2) is 10.1. The highest BCUT2D eigenvalue weighted by molar-refractivity contribution is 5.98. The number of aromatic nitrogens is 2. The van der Waals surface area contributed by atoms with Crippen LogP contribution < -0.4 is 10.2 Å². The van der Waals surface area contributed by atoms with E-state index in [2.05, 4.69) is 15.4 Å². The molecule has 0 aliphatic carbocycles. The van der Waals surface area contributed by atoms with Crippen molar-refractivity contribution in [1.29, 1.82) is 0 Å². The Morgan fingerprint density at radius 3 is 2.45 bits per heavy atom. The van der Waals surface area contributed by atoms with Crippen LogP contribution in [0, 0.1) is 0 Å². The van der Waals surface area contributed by atoms with Crippen LogP contribution in [0.5, 0.6) is 0 Å². The average molecular weight is 426 g/mol. The zero-order valence-corrected chi connectivity index (χ0v) is 18.7. The van der Waals surface area contributed by atoms with Gasteiger partial charge in [-0.3, -0.25) is 19.3 Å². The fraction of sp³-hybridized carbons (Fsp3) is 0.455. The van der Waals surface area contributed by atoms with E-state index >= 15 is 0 Å². The molecule has 0 unspecified atom stereocenters. The van der Waals surface area contributed by atoms with Crippen LogP contribution in [0.3, 0.4) is 0 Å². The maximum Gasteiger partial charge on any atom is 0.253 e. The molecule has 0 spiro atoms. The molecule has 2 heterocycles. The molecule has 1 aromatic heterocycles. The van der Waals surface area contributed by atoms with Gasteiger partial charge in [0.1, 0.15) is 6.54 Å². The predicted octanol–water partition coefficient (Wildman–Crippen LogP) is 1.33. The van der Waals surface area contributed by atoms with E-state index in [4.69, 9.17) is 0 Å². The zero-order chi connectivity index (χ0) is 22.4. The van der Waals surface area contributed by atoms with Crippen molar-refractivity contribution in [2.75, 3.05) is 44.7 Å². The second-order valence-electron chi connectivity index (χ2n) is 7.41. The number of rotatable bonds is 6. The van der Waals surface area contributed by atoms with Crippen molar-refractivity contribution in [3.05, 3.63) is 47.8 Å². The molecule has 31 heavy (non-hydrogen) atoms. The molecule has 1 aliphatic rings. The molecular formula is C22H31N7O2. The minimum Gasteiger partial charge on any atom is -0.352 e. The standard InChI is InChI=1S/C22H31N7O2/c1-5-27(6-2)21(31)18-9-7-17(8-10-18)13-24-22(23-3)28-11-12-29(20(30)16-28)19-14-25-26(4)15-19/h7-10,14-15H,5-6,11-13,16H2,1-4H3,(H,23,24). The molecule has 2 aromatic rings. The molecule has 3 rings (SSSR count). The van der Waals surface area contributed by atoms with E-state index in [1.54, 1.807) is 27.7 Å². The number of hydrogen-bond donors (Lipinski definition) is 1. The lowest BCUT2D eigenvalue weighted by molar-refractivity contribution is -0.120. The Kier molecular flexibility index (Phi) is 7.28. The van der Waals surface area contributed by atoms with Gasteiger partial charge in [-0.05, 0) is 31.5 Å². The van der Waals surface area contributed by atoms with Crippen molar-refractivity contribution in [3.8, 4) is 0 Å². The van der Waals surface area contributed by atoms with Crippen LogP contribution in [0.4, 0.5) is 5.69 Å². The Morgan fingerprint density at radius 2 is 1.90 bits per heavy atom. The largest absolute Gasteiger partial charge is 0.352 e. The molecule has 9 heteroatoms. The first-order valence-electron chi connectivity index (χ1n) is 10.6. The van der Waals surface area contributed by atoms with E-state index < -0.39 is 0 Å². The number of nitrogens with one attached hydrogen (secondary N) is 1. The monoisotopic (exact) mass is 425 g/mol. The van der Waals surface area contributed by atoms with Gasteiger partial charge in [0.05, 0.1) is 11.9 Å². The minimum atomic E-state index is 0.0152. The number of benzene rings is 1. The van der Waals surface area contributed by atoms with Gasteiger partial charge >= 0.3 is 0 Å². The molecule has 166 valence electrons. The first-order chi connectivity index (χ1) is 15.0. The Balaban J connectivity index is 1.56. The van der Waals surface area contributed by atoms with E-state index in [9.17, 15) is 9.59 Å². The van der Waals surface area contributed by atoms with Crippen LogP contribution in [0.2, 0.25) is 0 Å². The van der Waals surface area contributed by atoms with E-state index in [0.717, 1.165) is 11.3 Å². The molecule has 1 aromatic carbocycles. The number of amides is 2. The normalized spacial score (nSPS) is 14.7. The number of nitrogens with zero attached hydrogens (tertiary/aromatic N) is 6. The van der Waals surface area contributed by atoms with Gasteiger partial charge in [0.25, 0.3) is 5.91 Å². The third-order valence-electron chi connectivity index (χ3n) is 5.44. The topological polar surface area (TPSA) is 86.1 Å². The third-order valence-corrected chi connectivity index (χ3v) is 5.44. The number of aliphatic imine (C=N–C) groups is 1. The smallest absolute Gasteiger partial charge is 0.253 e. The molecule has 1 fully saturated rings. The Labute approximate surface area is 183 Å². The number of aryl methyl sites for hydroxylation is 1.